The first-order valence-electron chi connectivity index (χ1n) is 8.94. The molecule has 1 heterocycles. The summed E-state index contributed by atoms with van der Waals surface area (Å²) in [4.78, 5) is 14.2. The van der Waals surface area contributed by atoms with E-state index in [1.807, 2.05) is 52.0 Å². The molecule has 4 nitrogen and oxygen atoms in total. The second-order valence-electron chi connectivity index (χ2n) is 7.87. The highest BCUT2D eigenvalue weighted by Gasteiger charge is 2.51. The molecule has 25 heavy (non-hydrogen) atoms. The largest absolute Gasteiger partial charge is 0.443 e. The monoisotopic (exact) mass is 351 g/mol. The van der Waals surface area contributed by atoms with Crippen LogP contribution in [0.25, 0.3) is 0 Å². The van der Waals surface area contributed by atoms with Crippen LogP contribution in [0.2, 0.25) is 0 Å². The third-order valence-electron chi connectivity index (χ3n) is 4.65. The molecule has 0 saturated carbocycles. The summed E-state index contributed by atoms with van der Waals surface area (Å²) < 4.78 is 25.7. The van der Waals surface area contributed by atoms with Gasteiger partial charge in [0.05, 0.1) is 6.04 Å². The van der Waals surface area contributed by atoms with Crippen molar-refractivity contribution in [3.8, 4) is 0 Å². The molecule has 140 valence electrons. The Labute approximate surface area is 150 Å². The van der Waals surface area contributed by atoms with Crippen molar-refractivity contribution in [2.75, 3.05) is 6.67 Å². The minimum absolute atomic E-state index is 0.512. The summed E-state index contributed by atoms with van der Waals surface area (Å²) in [5, 5.41) is 0. The lowest BCUT2D eigenvalue weighted by molar-refractivity contribution is -0.0823. The molecule has 5 heteroatoms. The molecule has 1 aliphatic heterocycles. The predicted molar refractivity (Wildman–Crippen MR) is 96.2 cm³/mol. The second-order valence-corrected chi connectivity index (χ2v) is 7.87. The van der Waals surface area contributed by atoms with Gasteiger partial charge in [-0.15, -0.1) is 0 Å². The number of halogens is 1. The lowest BCUT2D eigenvalue weighted by Gasteiger charge is -2.35. The standard InChI is InChI=1S/C20H30FNO3/c1-7-12-19(3,4)25-18(23)22-16(13-21)17(24-20(22,5)6)15-10-8-14(2)9-11-15/h8-11,16-17H,7,12-13H2,1-6H3/t16-,17+/m0/s1. The minimum atomic E-state index is -0.939. The number of alkyl halides is 1. The van der Waals surface area contributed by atoms with Crippen LogP contribution < -0.4 is 0 Å². The van der Waals surface area contributed by atoms with Gasteiger partial charge in [-0.05, 0) is 46.6 Å². The first-order chi connectivity index (χ1) is 11.6. The summed E-state index contributed by atoms with van der Waals surface area (Å²) in [7, 11) is 0. The average Bonchev–Trinajstić information content (AvgIpc) is 2.78. The van der Waals surface area contributed by atoms with Crippen LogP contribution in [-0.2, 0) is 9.47 Å². The number of aryl methyl sites for hydroxylation is 1. The zero-order valence-corrected chi connectivity index (χ0v) is 16.1. The Morgan fingerprint density at radius 2 is 1.92 bits per heavy atom. The molecule has 1 amide bonds. The summed E-state index contributed by atoms with van der Waals surface area (Å²) in [5.41, 5.74) is 0.455. The van der Waals surface area contributed by atoms with Crippen LogP contribution >= 0.6 is 0 Å². The van der Waals surface area contributed by atoms with Gasteiger partial charge in [0.1, 0.15) is 24.1 Å². The van der Waals surface area contributed by atoms with Crippen molar-refractivity contribution < 1.29 is 18.7 Å². The Morgan fingerprint density at radius 3 is 2.44 bits per heavy atom. The number of hydrogen-bond acceptors (Lipinski definition) is 3. The molecule has 1 aromatic carbocycles. The molecule has 0 unspecified atom stereocenters. The van der Waals surface area contributed by atoms with E-state index in [0.717, 1.165) is 24.0 Å². The van der Waals surface area contributed by atoms with E-state index in [1.165, 1.54) is 4.90 Å². The van der Waals surface area contributed by atoms with Crippen molar-refractivity contribution in [3.05, 3.63) is 35.4 Å². The zero-order valence-electron chi connectivity index (χ0n) is 16.1. The van der Waals surface area contributed by atoms with Gasteiger partial charge in [0.15, 0.2) is 0 Å². The van der Waals surface area contributed by atoms with Crippen LogP contribution in [0.5, 0.6) is 0 Å². The summed E-state index contributed by atoms with van der Waals surface area (Å²) in [5.74, 6) is 0. The number of carbonyl (C=O) groups is 1. The third kappa shape index (κ3) is 4.32. The summed E-state index contributed by atoms with van der Waals surface area (Å²) in [6.45, 7) is 10.6. The van der Waals surface area contributed by atoms with Crippen molar-refractivity contribution >= 4 is 6.09 Å². The molecule has 2 rings (SSSR count). The van der Waals surface area contributed by atoms with Gasteiger partial charge in [-0.25, -0.2) is 9.18 Å². The quantitative estimate of drug-likeness (QED) is 0.736. The fourth-order valence-corrected chi connectivity index (χ4v) is 3.47. The maximum Gasteiger partial charge on any atom is 0.413 e. The van der Waals surface area contributed by atoms with Crippen LogP contribution in [0.4, 0.5) is 9.18 Å². The molecule has 1 saturated heterocycles. The highest BCUT2D eigenvalue weighted by atomic mass is 19.1. The molecule has 0 spiro atoms. The van der Waals surface area contributed by atoms with Crippen molar-refractivity contribution in [3.63, 3.8) is 0 Å². The molecule has 0 aliphatic carbocycles. The van der Waals surface area contributed by atoms with Gasteiger partial charge in [0.2, 0.25) is 0 Å². The highest BCUT2D eigenvalue weighted by Crippen LogP contribution is 2.42. The number of carbonyl (C=O) groups excluding carboxylic acids is 1. The smallest absolute Gasteiger partial charge is 0.413 e. The van der Waals surface area contributed by atoms with Crippen molar-refractivity contribution in [1.29, 1.82) is 0 Å². The number of nitrogens with zero attached hydrogens (tertiary/aromatic N) is 1. The molecule has 0 N–H and O–H groups in total. The van der Waals surface area contributed by atoms with Crippen LogP contribution in [-0.4, -0.2) is 35.0 Å². The van der Waals surface area contributed by atoms with E-state index in [2.05, 4.69) is 0 Å². The van der Waals surface area contributed by atoms with E-state index < -0.39 is 36.2 Å². The summed E-state index contributed by atoms with van der Waals surface area (Å²) in [6.07, 6.45) is 0.608. The first kappa shape index (κ1) is 19.7. The number of ether oxygens (including phenoxy) is 2. The summed E-state index contributed by atoms with van der Waals surface area (Å²) in [6, 6.07) is 7.07. The van der Waals surface area contributed by atoms with Gasteiger partial charge < -0.3 is 9.47 Å². The van der Waals surface area contributed by atoms with E-state index in [9.17, 15) is 9.18 Å². The second kappa shape index (κ2) is 7.32. The third-order valence-corrected chi connectivity index (χ3v) is 4.65. The first-order valence-corrected chi connectivity index (χ1v) is 8.94. The zero-order chi connectivity index (χ0) is 18.8. The van der Waals surface area contributed by atoms with Crippen LogP contribution in [0, 0.1) is 6.92 Å². The highest BCUT2D eigenvalue weighted by molar-refractivity contribution is 5.70. The fourth-order valence-electron chi connectivity index (χ4n) is 3.47. The SMILES string of the molecule is CCCC(C)(C)OC(=O)N1[C@@H](CF)[C@@H](c2ccc(C)cc2)OC1(C)C. The van der Waals surface area contributed by atoms with Gasteiger partial charge in [0.25, 0.3) is 0 Å². The average molecular weight is 351 g/mol. The van der Waals surface area contributed by atoms with Crippen molar-refractivity contribution in [2.45, 2.75) is 77.9 Å². The molecule has 1 aliphatic rings. The number of benzene rings is 1. The molecule has 0 aromatic heterocycles. The van der Waals surface area contributed by atoms with Gasteiger partial charge in [0, 0.05) is 0 Å². The Kier molecular flexibility index (Phi) is 5.77. The van der Waals surface area contributed by atoms with E-state index in [4.69, 9.17) is 9.47 Å². The van der Waals surface area contributed by atoms with Crippen LogP contribution in [0.15, 0.2) is 24.3 Å². The molecule has 2 atom stereocenters. The lowest BCUT2D eigenvalue weighted by atomic mass is 10.0. The number of hydrogen-bond donors (Lipinski definition) is 0. The normalized spacial score (nSPS) is 22.9. The Morgan fingerprint density at radius 1 is 1.32 bits per heavy atom. The molecule has 1 aromatic rings. The predicted octanol–water partition coefficient (Wildman–Crippen LogP) is 5.16. The molecule has 0 radical (unpaired) electrons. The molecule has 0 bridgehead atoms. The van der Waals surface area contributed by atoms with Gasteiger partial charge in [-0.3, -0.25) is 4.90 Å². The Bertz CT molecular complexity index is 597. The summed E-state index contributed by atoms with van der Waals surface area (Å²) >= 11 is 0. The minimum Gasteiger partial charge on any atom is -0.443 e. The van der Waals surface area contributed by atoms with E-state index in [0.29, 0.717) is 0 Å². The molecular formula is C20H30FNO3. The van der Waals surface area contributed by atoms with Crippen LogP contribution in [0.3, 0.4) is 0 Å². The van der Waals surface area contributed by atoms with Crippen LogP contribution in [0.1, 0.15) is 64.7 Å². The van der Waals surface area contributed by atoms with Gasteiger partial charge >= 0.3 is 6.09 Å². The lowest BCUT2D eigenvalue weighted by Crippen LogP contribution is -2.50. The maximum absolute atomic E-state index is 13.9. The maximum atomic E-state index is 13.9. The fraction of sp³-hybridized carbons (Fsp3) is 0.650. The van der Waals surface area contributed by atoms with Crippen molar-refractivity contribution in [1.82, 2.24) is 4.90 Å². The van der Waals surface area contributed by atoms with Gasteiger partial charge in [-0.2, -0.15) is 0 Å². The Balaban J connectivity index is 2.27. The van der Waals surface area contributed by atoms with Crippen molar-refractivity contribution in [2.24, 2.45) is 0 Å². The van der Waals surface area contributed by atoms with E-state index in [-0.39, 0.29) is 0 Å². The van der Waals surface area contributed by atoms with E-state index >= 15 is 0 Å². The van der Waals surface area contributed by atoms with Gasteiger partial charge in [-0.1, -0.05) is 43.2 Å². The molecule has 1 fully saturated rings. The number of amides is 1. The number of rotatable bonds is 5. The molecular weight excluding hydrogens is 321 g/mol. The van der Waals surface area contributed by atoms with E-state index in [1.54, 1.807) is 13.8 Å². The Hall–Kier alpha value is -1.62. The topological polar surface area (TPSA) is 38.8 Å².